The van der Waals surface area contributed by atoms with Crippen LogP contribution in [0.5, 0.6) is 0 Å². The van der Waals surface area contributed by atoms with Crippen molar-refractivity contribution in [1.82, 2.24) is 0 Å². The molecule has 0 radical (unpaired) electrons. The Labute approximate surface area is 195 Å². The summed E-state index contributed by atoms with van der Waals surface area (Å²) in [6.07, 6.45) is 0. The number of hydrogen-bond acceptors (Lipinski definition) is 6. The predicted octanol–water partition coefficient (Wildman–Crippen LogP) is 6.10. The number of hydrogen-bond donors (Lipinski definition) is 2. The van der Waals surface area contributed by atoms with E-state index in [2.05, 4.69) is 5.32 Å². The number of rotatable bonds is 6. The van der Waals surface area contributed by atoms with Crippen LogP contribution in [0.15, 0.2) is 88.7 Å². The van der Waals surface area contributed by atoms with Crippen LogP contribution in [0.4, 0.5) is 16.4 Å². The van der Waals surface area contributed by atoms with E-state index in [1.54, 1.807) is 42.5 Å². The molecule has 3 N–H and O–H groups in total. The summed E-state index contributed by atoms with van der Waals surface area (Å²) in [5, 5.41) is 3.92. The van der Waals surface area contributed by atoms with Crippen LogP contribution in [0.1, 0.15) is 20.8 Å². The highest BCUT2D eigenvalue weighted by Gasteiger charge is 2.31. The molecule has 0 aliphatic rings. The van der Waals surface area contributed by atoms with E-state index in [1.807, 2.05) is 31.2 Å². The zero-order chi connectivity index (χ0) is 22.9. The van der Waals surface area contributed by atoms with Crippen molar-refractivity contribution in [2.75, 3.05) is 11.1 Å². The number of aryl methyl sites for hydroxylation is 1. The molecule has 0 bridgehead atoms. The van der Waals surface area contributed by atoms with Crippen molar-refractivity contribution in [2.24, 2.45) is 0 Å². The first-order valence-corrected chi connectivity index (χ1v) is 12.3. The Morgan fingerprint density at radius 3 is 2.19 bits per heavy atom. The van der Waals surface area contributed by atoms with E-state index in [0.717, 1.165) is 16.9 Å². The smallest absolute Gasteiger partial charge is 0.211 e. The molecule has 4 aromatic rings. The molecule has 0 aliphatic carbocycles. The van der Waals surface area contributed by atoms with Crippen LogP contribution in [-0.4, -0.2) is 14.2 Å². The molecule has 0 unspecified atom stereocenters. The number of carbonyl (C=O) groups is 1. The topological polar surface area (TPSA) is 89.3 Å². The van der Waals surface area contributed by atoms with Crippen LogP contribution in [0.25, 0.3) is 0 Å². The third-order valence-corrected chi connectivity index (χ3v) is 8.20. The Morgan fingerprint density at radius 1 is 0.938 bits per heavy atom. The van der Waals surface area contributed by atoms with Crippen molar-refractivity contribution in [3.8, 4) is 0 Å². The second-order valence-corrected chi connectivity index (χ2v) is 10.5. The summed E-state index contributed by atoms with van der Waals surface area (Å²) in [5.41, 5.74) is 8.36. The molecule has 3 aromatic carbocycles. The van der Waals surface area contributed by atoms with Gasteiger partial charge in [0.2, 0.25) is 15.6 Å². The van der Waals surface area contributed by atoms with Gasteiger partial charge in [-0.25, -0.2) is 8.42 Å². The quantitative estimate of drug-likeness (QED) is 0.324. The van der Waals surface area contributed by atoms with Crippen molar-refractivity contribution in [3.05, 3.63) is 99.9 Å². The van der Waals surface area contributed by atoms with Crippen LogP contribution >= 0.6 is 22.9 Å². The van der Waals surface area contributed by atoms with E-state index in [1.165, 1.54) is 12.1 Å². The summed E-state index contributed by atoms with van der Waals surface area (Å²) in [4.78, 5) is 13.3. The van der Waals surface area contributed by atoms with E-state index in [-0.39, 0.29) is 31.1 Å². The van der Waals surface area contributed by atoms with Crippen LogP contribution in [0.2, 0.25) is 5.02 Å². The van der Waals surface area contributed by atoms with Crippen molar-refractivity contribution in [3.63, 3.8) is 0 Å². The van der Waals surface area contributed by atoms with Crippen molar-refractivity contribution in [1.29, 1.82) is 0 Å². The van der Waals surface area contributed by atoms with Gasteiger partial charge in [0.05, 0.1) is 10.6 Å². The van der Waals surface area contributed by atoms with Gasteiger partial charge in [-0.05, 0) is 55.5 Å². The van der Waals surface area contributed by atoms with E-state index in [4.69, 9.17) is 17.3 Å². The number of carbonyl (C=O) groups excluding carboxylic acids is 1. The van der Waals surface area contributed by atoms with Crippen LogP contribution in [-0.2, 0) is 9.84 Å². The van der Waals surface area contributed by atoms with Crippen molar-refractivity contribution in [2.45, 2.75) is 16.7 Å². The molecule has 0 saturated heterocycles. The second-order valence-electron chi connectivity index (χ2n) is 7.15. The molecule has 1 heterocycles. The Kier molecular flexibility index (Phi) is 6.06. The van der Waals surface area contributed by atoms with Gasteiger partial charge in [0, 0.05) is 16.3 Å². The fraction of sp³-hybridized carbons (Fsp3) is 0.0417. The third-order valence-electron chi connectivity index (χ3n) is 4.84. The number of sulfone groups is 1. The monoisotopic (exact) mass is 482 g/mol. The molecular weight excluding hydrogens is 464 g/mol. The minimum Gasteiger partial charge on any atom is -0.396 e. The molecule has 0 spiro atoms. The van der Waals surface area contributed by atoms with Gasteiger partial charge in [-0.15, -0.1) is 11.3 Å². The summed E-state index contributed by atoms with van der Waals surface area (Å²) in [6, 6.07) is 21.9. The highest BCUT2D eigenvalue weighted by molar-refractivity contribution is 7.92. The molecule has 8 heteroatoms. The Morgan fingerprint density at radius 2 is 1.56 bits per heavy atom. The van der Waals surface area contributed by atoms with Gasteiger partial charge in [-0.3, -0.25) is 4.79 Å². The normalized spacial score (nSPS) is 11.3. The van der Waals surface area contributed by atoms with E-state index in [0.29, 0.717) is 16.3 Å². The standard InChI is InChI=1S/C24H19ClN2O3S2/c1-15-7-13-18(14-8-15)27-24-23(32(29,30)19-5-3-2-4-6-19)20(26)22(31-24)21(28)16-9-11-17(25)12-10-16/h2-14,27H,26H2,1H3. The molecule has 4 rings (SSSR count). The molecule has 0 atom stereocenters. The molecule has 1 aromatic heterocycles. The lowest BCUT2D eigenvalue weighted by Crippen LogP contribution is -2.08. The molecule has 0 amide bonds. The van der Waals surface area contributed by atoms with Gasteiger partial charge in [0.15, 0.2) is 0 Å². The summed E-state index contributed by atoms with van der Waals surface area (Å²) in [7, 11) is -3.98. The Bertz CT molecular complexity index is 1380. The highest BCUT2D eigenvalue weighted by atomic mass is 35.5. The third kappa shape index (κ3) is 4.27. The molecular formula is C24H19ClN2O3S2. The zero-order valence-corrected chi connectivity index (χ0v) is 19.4. The highest BCUT2D eigenvalue weighted by Crippen LogP contribution is 2.44. The van der Waals surface area contributed by atoms with Crippen LogP contribution in [0, 0.1) is 6.92 Å². The first-order chi connectivity index (χ1) is 15.3. The fourth-order valence-electron chi connectivity index (χ4n) is 3.16. The van der Waals surface area contributed by atoms with E-state index < -0.39 is 9.84 Å². The Hall–Kier alpha value is -3.13. The first kappa shape index (κ1) is 22.1. The number of nitrogen functional groups attached to an aromatic ring is 1. The maximum Gasteiger partial charge on any atom is 0.211 e. The number of halogens is 1. The summed E-state index contributed by atoms with van der Waals surface area (Å²) in [6.45, 7) is 1.96. The SMILES string of the molecule is Cc1ccc(Nc2sc(C(=O)c3ccc(Cl)cc3)c(N)c2S(=O)(=O)c2ccccc2)cc1. The molecule has 162 valence electrons. The number of benzene rings is 3. The van der Waals surface area contributed by atoms with Gasteiger partial charge >= 0.3 is 0 Å². The average Bonchev–Trinajstić information content (AvgIpc) is 3.12. The maximum atomic E-state index is 13.5. The number of ketones is 1. The van der Waals surface area contributed by atoms with E-state index >= 15 is 0 Å². The lowest BCUT2D eigenvalue weighted by molar-refractivity contribution is 0.104. The number of nitrogens with two attached hydrogens (primary N) is 1. The maximum absolute atomic E-state index is 13.5. The van der Waals surface area contributed by atoms with E-state index in [9.17, 15) is 13.2 Å². The lowest BCUT2D eigenvalue weighted by Gasteiger charge is -2.10. The fourth-order valence-corrected chi connectivity index (χ4v) is 6.25. The van der Waals surface area contributed by atoms with Crippen molar-refractivity contribution >= 4 is 54.9 Å². The summed E-state index contributed by atoms with van der Waals surface area (Å²) < 4.78 is 27.0. The summed E-state index contributed by atoms with van der Waals surface area (Å²) >= 11 is 6.95. The van der Waals surface area contributed by atoms with Crippen molar-refractivity contribution < 1.29 is 13.2 Å². The zero-order valence-electron chi connectivity index (χ0n) is 17.0. The minimum atomic E-state index is -3.98. The van der Waals surface area contributed by atoms with Gasteiger partial charge in [-0.2, -0.15) is 0 Å². The predicted molar refractivity (Wildman–Crippen MR) is 130 cm³/mol. The number of nitrogens with one attached hydrogen (secondary N) is 1. The molecule has 32 heavy (non-hydrogen) atoms. The summed E-state index contributed by atoms with van der Waals surface area (Å²) in [5.74, 6) is -0.370. The molecule has 5 nitrogen and oxygen atoms in total. The molecule has 0 saturated carbocycles. The number of anilines is 3. The largest absolute Gasteiger partial charge is 0.396 e. The number of thiophene rings is 1. The van der Waals surface area contributed by atoms with Gasteiger partial charge in [0.1, 0.15) is 14.8 Å². The minimum absolute atomic E-state index is 0.0755. The van der Waals surface area contributed by atoms with Crippen LogP contribution < -0.4 is 11.1 Å². The van der Waals surface area contributed by atoms with Gasteiger partial charge in [0.25, 0.3) is 0 Å². The molecule has 0 fully saturated rings. The Balaban J connectivity index is 1.87. The van der Waals surface area contributed by atoms with Gasteiger partial charge in [-0.1, -0.05) is 47.5 Å². The lowest BCUT2D eigenvalue weighted by atomic mass is 10.1. The second kappa shape index (κ2) is 8.78. The van der Waals surface area contributed by atoms with Gasteiger partial charge < -0.3 is 11.1 Å². The first-order valence-electron chi connectivity index (χ1n) is 9.64. The average molecular weight is 483 g/mol. The molecule has 0 aliphatic heterocycles. The van der Waals surface area contributed by atoms with Crippen LogP contribution in [0.3, 0.4) is 0 Å².